The van der Waals surface area contributed by atoms with Gasteiger partial charge in [-0.2, -0.15) is 0 Å². The molecule has 0 unspecified atom stereocenters. The summed E-state index contributed by atoms with van der Waals surface area (Å²) in [7, 11) is 2.50. The fourth-order valence-electron chi connectivity index (χ4n) is 3.86. The Morgan fingerprint density at radius 2 is 1.16 bits per heavy atom. The molecule has 0 saturated carbocycles. The van der Waals surface area contributed by atoms with Crippen LogP contribution in [0.15, 0.2) is 60.7 Å². The zero-order valence-corrected chi connectivity index (χ0v) is 24.8. The number of carboxylic acids is 1. The van der Waals surface area contributed by atoms with Crippen LogP contribution in [-0.2, 0) is 28.7 Å². The zero-order chi connectivity index (χ0) is 33.3. The quantitative estimate of drug-likeness (QED) is 0.221. The number of ether oxygens (including phenoxy) is 6. The van der Waals surface area contributed by atoms with Gasteiger partial charge in [0.2, 0.25) is 12.2 Å². The van der Waals surface area contributed by atoms with Gasteiger partial charge in [0.25, 0.3) is 5.91 Å². The van der Waals surface area contributed by atoms with Crippen molar-refractivity contribution in [2.45, 2.75) is 33.0 Å². The number of hydrogen-bond donors (Lipinski definition) is 2. The molecule has 0 aliphatic carbocycles. The van der Waals surface area contributed by atoms with Crippen LogP contribution in [-0.4, -0.2) is 67.3 Å². The van der Waals surface area contributed by atoms with Gasteiger partial charge in [0, 0.05) is 19.5 Å². The lowest BCUT2D eigenvalue weighted by Crippen LogP contribution is -2.48. The number of rotatable bonds is 12. The minimum atomic E-state index is -2.34. The molecule has 0 heterocycles. The SMILES string of the molecule is COc1cc(C(=O)O[C@H](C(=O)Nc2cccc(C)c2)[C@@H](OC(=O)c2ccc(OC(C)=O)c(OC)c2)C(=O)O)ccc1OC(C)=O. The third kappa shape index (κ3) is 9.03. The van der Waals surface area contributed by atoms with Gasteiger partial charge in [0.15, 0.2) is 23.0 Å². The number of benzene rings is 3. The molecule has 0 spiro atoms. The van der Waals surface area contributed by atoms with Crippen molar-refractivity contribution in [2.24, 2.45) is 0 Å². The van der Waals surface area contributed by atoms with E-state index in [1.165, 1.54) is 44.6 Å². The highest BCUT2D eigenvalue weighted by molar-refractivity contribution is 6.01. The predicted octanol–water partition coefficient (Wildman–Crippen LogP) is 3.34. The summed E-state index contributed by atoms with van der Waals surface area (Å²) >= 11 is 0. The molecule has 1 amide bonds. The third-order valence-electron chi connectivity index (χ3n) is 5.84. The van der Waals surface area contributed by atoms with Crippen LogP contribution in [0.3, 0.4) is 0 Å². The Morgan fingerprint density at radius 3 is 1.58 bits per heavy atom. The summed E-state index contributed by atoms with van der Waals surface area (Å²) in [6.45, 7) is 4.08. The second-order valence-electron chi connectivity index (χ2n) is 9.27. The molecule has 0 aliphatic rings. The van der Waals surface area contributed by atoms with E-state index in [1.807, 2.05) is 0 Å². The fourth-order valence-corrected chi connectivity index (χ4v) is 3.86. The molecular weight excluding hydrogens is 594 g/mol. The van der Waals surface area contributed by atoms with Gasteiger partial charge in [-0.1, -0.05) is 12.1 Å². The molecule has 0 aromatic heterocycles. The second kappa shape index (κ2) is 15.0. The lowest BCUT2D eigenvalue weighted by atomic mass is 10.1. The number of aliphatic carboxylic acids is 1. The van der Waals surface area contributed by atoms with Crippen molar-refractivity contribution < 1.29 is 62.3 Å². The van der Waals surface area contributed by atoms with Crippen LogP contribution in [0.5, 0.6) is 23.0 Å². The molecule has 0 fully saturated rings. The van der Waals surface area contributed by atoms with E-state index in [1.54, 1.807) is 25.1 Å². The van der Waals surface area contributed by atoms with Crippen LogP contribution < -0.4 is 24.3 Å². The number of hydrogen-bond acceptors (Lipinski definition) is 12. The van der Waals surface area contributed by atoms with E-state index in [4.69, 9.17) is 28.4 Å². The van der Waals surface area contributed by atoms with Crippen molar-refractivity contribution in [3.8, 4) is 23.0 Å². The van der Waals surface area contributed by atoms with Crippen molar-refractivity contribution in [3.05, 3.63) is 77.4 Å². The van der Waals surface area contributed by atoms with Crippen LogP contribution in [0, 0.1) is 6.92 Å². The van der Waals surface area contributed by atoms with E-state index in [-0.39, 0.29) is 39.8 Å². The minimum absolute atomic E-state index is 0.0113. The van der Waals surface area contributed by atoms with E-state index >= 15 is 0 Å². The Morgan fingerprint density at radius 1 is 0.667 bits per heavy atom. The molecule has 3 rings (SSSR count). The molecule has 3 aromatic rings. The standard InChI is InChI=1S/C31H29NO13/c1-16-7-6-8-21(13-16)32-28(35)26(44-30(38)19-9-11-22(42-17(2)33)24(14-19)40-4)27(29(36)37)45-31(39)20-10-12-23(43-18(3)34)25(15-20)41-5/h6-15,26-27H,1-5H3,(H,32,35)(H,36,37)/t26-,27+/m0/s1. The van der Waals surface area contributed by atoms with Crippen LogP contribution in [0.2, 0.25) is 0 Å². The number of anilines is 1. The van der Waals surface area contributed by atoms with E-state index in [0.29, 0.717) is 0 Å². The van der Waals surface area contributed by atoms with Gasteiger partial charge in [0.05, 0.1) is 25.3 Å². The van der Waals surface area contributed by atoms with Crippen molar-refractivity contribution >= 4 is 41.4 Å². The van der Waals surface area contributed by atoms with E-state index in [2.05, 4.69) is 5.32 Å². The summed E-state index contributed by atoms with van der Waals surface area (Å²) in [5.74, 6) is -6.77. The minimum Gasteiger partial charge on any atom is -0.493 e. The first-order valence-corrected chi connectivity index (χ1v) is 13.1. The molecule has 0 aliphatic heterocycles. The average molecular weight is 624 g/mol. The monoisotopic (exact) mass is 623 g/mol. The Bertz CT molecular complexity index is 1630. The number of methoxy groups -OCH3 is 2. The molecule has 14 heteroatoms. The molecule has 45 heavy (non-hydrogen) atoms. The first-order valence-electron chi connectivity index (χ1n) is 13.1. The summed E-state index contributed by atoms with van der Waals surface area (Å²) in [4.78, 5) is 74.8. The third-order valence-corrected chi connectivity index (χ3v) is 5.84. The largest absolute Gasteiger partial charge is 0.493 e. The van der Waals surface area contributed by atoms with Crippen molar-refractivity contribution in [3.63, 3.8) is 0 Å². The maximum Gasteiger partial charge on any atom is 0.349 e. The van der Waals surface area contributed by atoms with Crippen LogP contribution in [0.25, 0.3) is 0 Å². The molecule has 2 atom stereocenters. The topological polar surface area (TPSA) is 190 Å². The molecule has 2 N–H and O–H groups in total. The highest BCUT2D eigenvalue weighted by Gasteiger charge is 2.41. The van der Waals surface area contributed by atoms with Crippen molar-refractivity contribution in [1.82, 2.24) is 0 Å². The van der Waals surface area contributed by atoms with Gasteiger partial charge < -0.3 is 38.8 Å². The van der Waals surface area contributed by atoms with E-state index < -0.39 is 48.0 Å². The molecule has 0 bridgehead atoms. The maximum absolute atomic E-state index is 13.4. The van der Waals surface area contributed by atoms with Crippen LogP contribution in [0.1, 0.15) is 40.1 Å². The Balaban J connectivity index is 1.97. The number of carbonyl (C=O) groups is 6. The Kier molecular flexibility index (Phi) is 11.2. The van der Waals surface area contributed by atoms with Gasteiger partial charge in [0.1, 0.15) is 0 Å². The average Bonchev–Trinajstić information content (AvgIpc) is 2.98. The number of aryl methyl sites for hydroxylation is 1. The predicted molar refractivity (Wildman–Crippen MR) is 154 cm³/mol. The highest BCUT2D eigenvalue weighted by atomic mass is 16.6. The van der Waals surface area contributed by atoms with Gasteiger partial charge in [-0.3, -0.25) is 14.4 Å². The Hall–Kier alpha value is -5.92. The lowest BCUT2D eigenvalue weighted by molar-refractivity contribution is -0.157. The van der Waals surface area contributed by atoms with Gasteiger partial charge in [-0.25, -0.2) is 14.4 Å². The molecule has 0 radical (unpaired) electrons. The van der Waals surface area contributed by atoms with Crippen LogP contribution >= 0.6 is 0 Å². The lowest BCUT2D eigenvalue weighted by Gasteiger charge is -2.24. The zero-order valence-electron chi connectivity index (χ0n) is 24.8. The smallest absolute Gasteiger partial charge is 0.349 e. The number of nitrogens with one attached hydrogen (secondary N) is 1. The van der Waals surface area contributed by atoms with Crippen molar-refractivity contribution in [1.29, 1.82) is 0 Å². The summed E-state index contributed by atoms with van der Waals surface area (Å²) < 4.78 is 30.8. The normalized spacial score (nSPS) is 11.7. The number of amides is 1. The summed E-state index contributed by atoms with van der Waals surface area (Å²) in [5, 5.41) is 12.5. The second-order valence-corrected chi connectivity index (χ2v) is 9.27. The molecule has 0 saturated heterocycles. The molecule has 14 nitrogen and oxygen atoms in total. The number of carbonyl (C=O) groups excluding carboxylic acids is 5. The maximum atomic E-state index is 13.4. The fraction of sp³-hybridized carbons (Fsp3) is 0.226. The highest BCUT2D eigenvalue weighted by Crippen LogP contribution is 2.30. The summed E-state index contributed by atoms with van der Waals surface area (Å²) in [6, 6.07) is 13.6. The van der Waals surface area contributed by atoms with Crippen LogP contribution in [0.4, 0.5) is 5.69 Å². The van der Waals surface area contributed by atoms with Gasteiger partial charge in [-0.15, -0.1) is 0 Å². The van der Waals surface area contributed by atoms with Crippen molar-refractivity contribution in [2.75, 3.05) is 19.5 Å². The Labute approximate surface area is 256 Å². The molecule has 3 aromatic carbocycles. The number of esters is 4. The van der Waals surface area contributed by atoms with Gasteiger partial charge >= 0.3 is 29.8 Å². The van der Waals surface area contributed by atoms with Gasteiger partial charge in [-0.05, 0) is 61.0 Å². The molecule has 236 valence electrons. The summed E-state index contributed by atoms with van der Waals surface area (Å²) in [6.07, 6.45) is -4.55. The van der Waals surface area contributed by atoms with E-state index in [9.17, 15) is 33.9 Å². The summed E-state index contributed by atoms with van der Waals surface area (Å²) in [5.41, 5.74) is 0.560. The first kappa shape index (κ1) is 33.6. The molecular formula is C31H29NO13. The van der Waals surface area contributed by atoms with E-state index in [0.717, 1.165) is 31.5 Å². The number of carboxylic acid groups (broad SMARTS) is 1. The first-order chi connectivity index (χ1) is 21.3.